The van der Waals surface area contributed by atoms with Crippen LogP contribution in [0.4, 0.5) is 0 Å². The first-order valence-corrected chi connectivity index (χ1v) is 6.81. The topological polar surface area (TPSA) is 49.3 Å². The molecule has 1 saturated carbocycles. The number of rotatable bonds is 3. The predicted molar refractivity (Wildman–Crippen MR) is 71.0 cm³/mol. The normalized spacial score (nSPS) is 18.9. The highest BCUT2D eigenvalue weighted by atomic mass is 16.3. The molecule has 1 fully saturated rings. The lowest BCUT2D eigenvalue weighted by Crippen LogP contribution is -2.37. The number of nitrogens with one attached hydrogen (secondary N) is 1. The Morgan fingerprint density at radius 1 is 1.11 bits per heavy atom. The summed E-state index contributed by atoms with van der Waals surface area (Å²) in [5.41, 5.74) is 0.656. The van der Waals surface area contributed by atoms with Gasteiger partial charge in [-0.15, -0.1) is 0 Å². The second-order valence-corrected chi connectivity index (χ2v) is 5.01. The third kappa shape index (κ3) is 3.57. The van der Waals surface area contributed by atoms with Gasteiger partial charge >= 0.3 is 0 Å². The van der Waals surface area contributed by atoms with E-state index in [1.165, 1.54) is 25.7 Å². The molecule has 2 N–H and O–H groups in total. The molecule has 1 atom stereocenters. The number of hydrogen-bond acceptors (Lipinski definition) is 2. The fourth-order valence-corrected chi connectivity index (χ4v) is 2.49. The Bertz CT molecular complexity index is 369. The van der Waals surface area contributed by atoms with Gasteiger partial charge in [0.15, 0.2) is 6.10 Å². The van der Waals surface area contributed by atoms with Crippen molar-refractivity contribution in [3.63, 3.8) is 0 Å². The van der Waals surface area contributed by atoms with Crippen LogP contribution in [0, 0.1) is 0 Å². The fraction of sp³-hybridized carbons (Fsp3) is 0.533. The molecule has 0 radical (unpaired) electrons. The molecule has 2 rings (SSSR count). The molecule has 0 heterocycles. The van der Waals surface area contributed by atoms with Crippen LogP contribution in [0.1, 0.15) is 50.2 Å². The van der Waals surface area contributed by atoms with Crippen LogP contribution in [0.3, 0.4) is 0 Å². The maximum Gasteiger partial charge on any atom is 0.253 e. The molecule has 1 amide bonds. The second-order valence-electron chi connectivity index (χ2n) is 5.01. The molecule has 18 heavy (non-hydrogen) atoms. The van der Waals surface area contributed by atoms with Crippen molar-refractivity contribution < 1.29 is 9.90 Å². The molecule has 1 aliphatic rings. The smallest absolute Gasteiger partial charge is 0.253 e. The zero-order valence-electron chi connectivity index (χ0n) is 10.6. The van der Waals surface area contributed by atoms with E-state index in [9.17, 15) is 9.90 Å². The summed E-state index contributed by atoms with van der Waals surface area (Å²) < 4.78 is 0. The number of aliphatic hydroxyl groups is 1. The van der Waals surface area contributed by atoms with Crippen molar-refractivity contribution in [1.82, 2.24) is 5.32 Å². The quantitative estimate of drug-likeness (QED) is 0.806. The monoisotopic (exact) mass is 247 g/mol. The largest absolute Gasteiger partial charge is 0.378 e. The van der Waals surface area contributed by atoms with Gasteiger partial charge in [-0.25, -0.2) is 0 Å². The molecular weight excluding hydrogens is 226 g/mol. The summed E-state index contributed by atoms with van der Waals surface area (Å²) in [6.07, 6.45) is 5.88. The highest BCUT2D eigenvalue weighted by Gasteiger charge is 2.21. The van der Waals surface area contributed by atoms with Gasteiger partial charge in [0, 0.05) is 6.04 Å². The molecule has 0 aliphatic heterocycles. The van der Waals surface area contributed by atoms with Crippen molar-refractivity contribution in [1.29, 1.82) is 0 Å². The van der Waals surface area contributed by atoms with Crippen molar-refractivity contribution >= 4 is 5.91 Å². The minimum Gasteiger partial charge on any atom is -0.378 e. The van der Waals surface area contributed by atoms with Gasteiger partial charge in [0.1, 0.15) is 0 Å². The van der Waals surface area contributed by atoms with Gasteiger partial charge < -0.3 is 10.4 Å². The number of amides is 1. The Hall–Kier alpha value is -1.35. The molecule has 0 saturated heterocycles. The van der Waals surface area contributed by atoms with Gasteiger partial charge in [-0.1, -0.05) is 56.0 Å². The molecular formula is C15H21NO2. The molecule has 0 aromatic heterocycles. The van der Waals surface area contributed by atoms with Crippen molar-refractivity contribution in [2.75, 3.05) is 0 Å². The summed E-state index contributed by atoms with van der Waals surface area (Å²) >= 11 is 0. The molecule has 0 bridgehead atoms. The Kier molecular flexibility index (Phi) is 4.76. The summed E-state index contributed by atoms with van der Waals surface area (Å²) in [6.45, 7) is 0. The maximum absolute atomic E-state index is 12.0. The van der Waals surface area contributed by atoms with E-state index in [-0.39, 0.29) is 11.9 Å². The van der Waals surface area contributed by atoms with E-state index in [1.807, 2.05) is 18.2 Å². The summed E-state index contributed by atoms with van der Waals surface area (Å²) in [5, 5.41) is 12.9. The van der Waals surface area contributed by atoms with Gasteiger partial charge in [0.2, 0.25) is 0 Å². The average Bonchev–Trinajstić information content (AvgIpc) is 2.67. The third-order valence-corrected chi connectivity index (χ3v) is 3.57. The van der Waals surface area contributed by atoms with E-state index < -0.39 is 6.10 Å². The van der Waals surface area contributed by atoms with E-state index in [2.05, 4.69) is 5.32 Å². The van der Waals surface area contributed by atoms with Crippen LogP contribution in [0.2, 0.25) is 0 Å². The van der Waals surface area contributed by atoms with E-state index in [4.69, 9.17) is 0 Å². The van der Waals surface area contributed by atoms with Crippen LogP contribution in [0.15, 0.2) is 30.3 Å². The fourth-order valence-electron chi connectivity index (χ4n) is 2.49. The minimum absolute atomic E-state index is 0.235. The zero-order chi connectivity index (χ0) is 12.8. The van der Waals surface area contributed by atoms with E-state index in [0.717, 1.165) is 12.8 Å². The van der Waals surface area contributed by atoms with Gasteiger partial charge in [-0.3, -0.25) is 4.79 Å². The Balaban J connectivity index is 1.90. The summed E-state index contributed by atoms with van der Waals surface area (Å²) in [6, 6.07) is 9.32. The molecule has 0 spiro atoms. The van der Waals surface area contributed by atoms with Gasteiger partial charge in [-0.2, -0.15) is 0 Å². The van der Waals surface area contributed by atoms with Gasteiger partial charge in [0.05, 0.1) is 0 Å². The molecule has 1 aromatic rings. The number of aliphatic hydroxyl groups excluding tert-OH is 1. The van der Waals surface area contributed by atoms with Crippen LogP contribution in [-0.4, -0.2) is 17.1 Å². The lowest BCUT2D eigenvalue weighted by molar-refractivity contribution is -0.130. The van der Waals surface area contributed by atoms with Crippen molar-refractivity contribution in [2.24, 2.45) is 0 Å². The van der Waals surface area contributed by atoms with E-state index in [1.54, 1.807) is 12.1 Å². The third-order valence-electron chi connectivity index (χ3n) is 3.57. The van der Waals surface area contributed by atoms with Crippen LogP contribution in [0.25, 0.3) is 0 Å². The first-order chi connectivity index (χ1) is 8.77. The summed E-state index contributed by atoms with van der Waals surface area (Å²) in [7, 11) is 0. The van der Waals surface area contributed by atoms with Crippen LogP contribution in [0.5, 0.6) is 0 Å². The number of carbonyl (C=O) groups excluding carboxylic acids is 1. The molecule has 1 aliphatic carbocycles. The van der Waals surface area contributed by atoms with Crippen molar-refractivity contribution in [3.8, 4) is 0 Å². The number of benzene rings is 1. The lowest BCUT2D eigenvalue weighted by atomic mass is 10.1. The number of carbonyl (C=O) groups is 1. The van der Waals surface area contributed by atoms with E-state index >= 15 is 0 Å². The van der Waals surface area contributed by atoms with Crippen molar-refractivity contribution in [3.05, 3.63) is 35.9 Å². The molecule has 1 unspecified atom stereocenters. The first kappa shape index (κ1) is 13.1. The van der Waals surface area contributed by atoms with Crippen LogP contribution >= 0.6 is 0 Å². The van der Waals surface area contributed by atoms with Gasteiger partial charge in [-0.05, 0) is 18.4 Å². The van der Waals surface area contributed by atoms with Crippen LogP contribution < -0.4 is 5.32 Å². The minimum atomic E-state index is -1.05. The first-order valence-electron chi connectivity index (χ1n) is 6.81. The highest BCUT2D eigenvalue weighted by Crippen LogP contribution is 2.19. The molecule has 3 nitrogen and oxygen atoms in total. The molecule has 98 valence electrons. The molecule has 1 aromatic carbocycles. The Labute approximate surface area is 108 Å². The SMILES string of the molecule is O=C(NC1CCCCCC1)C(O)c1ccccc1. The lowest BCUT2D eigenvalue weighted by Gasteiger charge is -2.19. The van der Waals surface area contributed by atoms with E-state index in [0.29, 0.717) is 5.56 Å². The van der Waals surface area contributed by atoms with Gasteiger partial charge in [0.25, 0.3) is 5.91 Å². The second kappa shape index (κ2) is 6.55. The standard InChI is InChI=1S/C15H21NO2/c17-14(12-8-4-3-5-9-12)15(18)16-13-10-6-1-2-7-11-13/h3-5,8-9,13-14,17H,1-2,6-7,10-11H2,(H,16,18). The Morgan fingerprint density at radius 3 is 2.33 bits per heavy atom. The number of hydrogen-bond donors (Lipinski definition) is 2. The zero-order valence-corrected chi connectivity index (χ0v) is 10.6. The molecule has 3 heteroatoms. The Morgan fingerprint density at radius 2 is 1.72 bits per heavy atom. The maximum atomic E-state index is 12.0. The summed E-state index contributed by atoms with van der Waals surface area (Å²) in [5.74, 6) is -0.270. The highest BCUT2D eigenvalue weighted by molar-refractivity contribution is 5.82. The average molecular weight is 247 g/mol. The van der Waals surface area contributed by atoms with Crippen LogP contribution in [-0.2, 0) is 4.79 Å². The van der Waals surface area contributed by atoms with Crippen molar-refractivity contribution in [2.45, 2.75) is 50.7 Å². The predicted octanol–water partition coefficient (Wildman–Crippen LogP) is 2.56. The summed E-state index contributed by atoms with van der Waals surface area (Å²) in [4.78, 5) is 12.0.